The van der Waals surface area contributed by atoms with Crippen LogP contribution in [0, 0.1) is 0 Å². The van der Waals surface area contributed by atoms with E-state index in [-0.39, 0.29) is 22.1 Å². The largest absolute Gasteiger partial charge is 0.477 e. The zero-order chi connectivity index (χ0) is 20.2. The first-order valence-electron chi connectivity index (χ1n) is 8.11. The summed E-state index contributed by atoms with van der Waals surface area (Å²) >= 11 is 11.8. The summed E-state index contributed by atoms with van der Waals surface area (Å²) in [6.07, 6.45) is -0.964. The molecule has 0 bridgehead atoms. The Kier molecular flexibility index (Phi) is 6.73. The molecule has 0 aliphatic heterocycles. The van der Waals surface area contributed by atoms with E-state index >= 15 is 0 Å². The van der Waals surface area contributed by atoms with Crippen LogP contribution in [-0.2, 0) is 19.7 Å². The number of nitrogens with one attached hydrogen (secondary N) is 1. The van der Waals surface area contributed by atoms with Gasteiger partial charge in [-0.05, 0) is 25.1 Å². The highest BCUT2D eigenvalue weighted by molar-refractivity contribution is 6.35. The fraction of sp³-hybridized carbons (Fsp3) is 0.389. The van der Waals surface area contributed by atoms with Gasteiger partial charge in [0.1, 0.15) is 5.75 Å². The van der Waals surface area contributed by atoms with Crippen molar-refractivity contribution in [2.45, 2.75) is 39.2 Å². The van der Waals surface area contributed by atoms with Crippen LogP contribution in [0.4, 0.5) is 5.88 Å². The number of anilines is 1. The molecule has 0 spiro atoms. The van der Waals surface area contributed by atoms with Crippen LogP contribution in [0.25, 0.3) is 0 Å². The normalized spacial score (nSPS) is 12.4. The maximum absolute atomic E-state index is 12.0. The molecule has 1 N–H and O–H groups in total. The van der Waals surface area contributed by atoms with Crippen molar-refractivity contribution in [3.8, 4) is 5.75 Å². The Morgan fingerprint density at radius 3 is 2.56 bits per heavy atom. The van der Waals surface area contributed by atoms with Crippen molar-refractivity contribution in [1.29, 1.82) is 0 Å². The Hall–Kier alpha value is -2.25. The molecule has 1 atom stereocenters. The predicted octanol–water partition coefficient (Wildman–Crippen LogP) is 4.23. The SMILES string of the molecule is C[C@@H](Oc1ccc(Cl)cc1Cl)C(=O)OCC(=O)Nc1cc(C(C)(C)C)no1. The minimum atomic E-state index is -0.964. The molecule has 0 aliphatic carbocycles. The number of amides is 1. The molecule has 0 saturated heterocycles. The van der Waals surface area contributed by atoms with E-state index in [9.17, 15) is 9.59 Å². The van der Waals surface area contributed by atoms with Crippen molar-refractivity contribution in [3.05, 3.63) is 40.0 Å². The first-order chi connectivity index (χ1) is 12.6. The fourth-order valence-electron chi connectivity index (χ4n) is 1.92. The standard InChI is InChI=1S/C18H20Cl2N2O5/c1-10(26-13-6-5-11(19)7-12(13)20)17(24)25-9-15(23)21-16-8-14(22-27-16)18(2,3)4/h5-8,10H,9H2,1-4H3,(H,21,23)/t10-/m1/s1. The van der Waals surface area contributed by atoms with Crippen LogP contribution < -0.4 is 10.1 Å². The predicted molar refractivity (Wildman–Crippen MR) is 101 cm³/mol. The number of hydrogen-bond acceptors (Lipinski definition) is 6. The van der Waals surface area contributed by atoms with Crippen LogP contribution in [0.15, 0.2) is 28.8 Å². The van der Waals surface area contributed by atoms with Crippen molar-refractivity contribution < 1.29 is 23.6 Å². The van der Waals surface area contributed by atoms with Gasteiger partial charge in [0.15, 0.2) is 12.7 Å². The molecule has 146 valence electrons. The molecular formula is C18H20Cl2N2O5. The van der Waals surface area contributed by atoms with Gasteiger partial charge < -0.3 is 14.0 Å². The summed E-state index contributed by atoms with van der Waals surface area (Å²) in [5.74, 6) is -0.814. The lowest BCUT2D eigenvalue weighted by atomic mass is 9.92. The van der Waals surface area contributed by atoms with E-state index in [0.717, 1.165) is 0 Å². The van der Waals surface area contributed by atoms with E-state index in [4.69, 9.17) is 37.2 Å². The third-order valence-corrected chi connectivity index (χ3v) is 3.95. The molecule has 27 heavy (non-hydrogen) atoms. The number of esters is 1. The lowest BCUT2D eigenvalue weighted by molar-refractivity contribution is -0.153. The number of nitrogens with zero attached hydrogens (tertiary/aromatic N) is 1. The quantitative estimate of drug-likeness (QED) is 0.711. The Labute approximate surface area is 166 Å². The average Bonchev–Trinajstić information content (AvgIpc) is 3.03. The molecule has 0 radical (unpaired) electrons. The van der Waals surface area contributed by atoms with Gasteiger partial charge in [0.05, 0.1) is 10.7 Å². The highest BCUT2D eigenvalue weighted by atomic mass is 35.5. The molecule has 1 aromatic carbocycles. The molecule has 9 heteroatoms. The number of aromatic nitrogens is 1. The van der Waals surface area contributed by atoms with E-state index in [1.165, 1.54) is 19.1 Å². The van der Waals surface area contributed by atoms with E-state index in [1.54, 1.807) is 12.1 Å². The fourth-order valence-corrected chi connectivity index (χ4v) is 2.38. The van der Waals surface area contributed by atoms with Crippen molar-refractivity contribution in [3.63, 3.8) is 0 Å². The third kappa shape index (κ3) is 6.15. The molecule has 1 amide bonds. The molecular weight excluding hydrogens is 395 g/mol. The first-order valence-corrected chi connectivity index (χ1v) is 8.87. The lowest BCUT2D eigenvalue weighted by Crippen LogP contribution is -2.29. The molecule has 2 aromatic rings. The smallest absolute Gasteiger partial charge is 0.347 e. The van der Waals surface area contributed by atoms with Crippen LogP contribution in [-0.4, -0.2) is 29.7 Å². The van der Waals surface area contributed by atoms with Crippen molar-refractivity contribution in [2.24, 2.45) is 0 Å². The molecule has 0 aliphatic rings. The number of rotatable bonds is 6. The molecule has 2 rings (SSSR count). The lowest BCUT2D eigenvalue weighted by Gasteiger charge is -2.14. The van der Waals surface area contributed by atoms with Crippen LogP contribution in [0.3, 0.4) is 0 Å². The molecule has 0 saturated carbocycles. The van der Waals surface area contributed by atoms with Crippen LogP contribution >= 0.6 is 23.2 Å². The number of carbonyl (C=O) groups is 2. The second-order valence-electron chi connectivity index (χ2n) is 6.82. The Balaban J connectivity index is 1.83. The van der Waals surface area contributed by atoms with E-state index in [0.29, 0.717) is 10.7 Å². The molecule has 7 nitrogen and oxygen atoms in total. The zero-order valence-corrected chi connectivity index (χ0v) is 16.9. The average molecular weight is 415 g/mol. The summed E-state index contributed by atoms with van der Waals surface area (Å²) in [7, 11) is 0. The molecule has 0 fully saturated rings. The van der Waals surface area contributed by atoms with Gasteiger partial charge in [-0.1, -0.05) is 49.1 Å². The summed E-state index contributed by atoms with van der Waals surface area (Å²) in [4.78, 5) is 23.9. The maximum Gasteiger partial charge on any atom is 0.347 e. The van der Waals surface area contributed by atoms with Crippen LogP contribution in [0.5, 0.6) is 5.75 Å². The topological polar surface area (TPSA) is 90.7 Å². The number of hydrogen-bond donors (Lipinski definition) is 1. The number of halogens is 2. The van der Waals surface area contributed by atoms with E-state index in [2.05, 4.69) is 10.5 Å². The second kappa shape index (κ2) is 8.63. The molecule has 1 aromatic heterocycles. The number of carbonyl (C=O) groups excluding carboxylic acids is 2. The summed E-state index contributed by atoms with van der Waals surface area (Å²) in [6, 6.07) is 6.23. The van der Waals surface area contributed by atoms with E-state index in [1.807, 2.05) is 20.8 Å². The van der Waals surface area contributed by atoms with Gasteiger partial charge in [-0.25, -0.2) is 4.79 Å². The number of benzene rings is 1. The zero-order valence-electron chi connectivity index (χ0n) is 15.3. The maximum atomic E-state index is 12.0. The monoisotopic (exact) mass is 414 g/mol. The Bertz CT molecular complexity index is 829. The molecule has 1 heterocycles. The Morgan fingerprint density at radius 1 is 1.26 bits per heavy atom. The van der Waals surface area contributed by atoms with Gasteiger partial charge in [-0.2, -0.15) is 0 Å². The number of ether oxygens (including phenoxy) is 2. The van der Waals surface area contributed by atoms with Crippen molar-refractivity contribution >= 4 is 41.0 Å². The van der Waals surface area contributed by atoms with E-state index < -0.39 is 24.6 Å². The summed E-state index contributed by atoms with van der Waals surface area (Å²) in [5, 5.41) is 7.07. The van der Waals surface area contributed by atoms with Crippen molar-refractivity contribution in [2.75, 3.05) is 11.9 Å². The van der Waals surface area contributed by atoms with Gasteiger partial charge in [0.25, 0.3) is 5.91 Å². The van der Waals surface area contributed by atoms with Crippen molar-refractivity contribution in [1.82, 2.24) is 5.16 Å². The third-order valence-electron chi connectivity index (χ3n) is 3.42. The van der Waals surface area contributed by atoms with Gasteiger partial charge >= 0.3 is 5.97 Å². The Morgan fingerprint density at radius 2 is 1.96 bits per heavy atom. The van der Waals surface area contributed by atoms with Gasteiger partial charge in [-0.3, -0.25) is 10.1 Å². The highest BCUT2D eigenvalue weighted by Crippen LogP contribution is 2.28. The summed E-state index contributed by atoms with van der Waals surface area (Å²) < 4.78 is 15.4. The molecule has 0 unspecified atom stereocenters. The van der Waals surface area contributed by atoms with Gasteiger partial charge in [0, 0.05) is 16.5 Å². The summed E-state index contributed by atoms with van der Waals surface area (Å²) in [6.45, 7) is 6.88. The highest BCUT2D eigenvalue weighted by Gasteiger charge is 2.21. The second-order valence-corrected chi connectivity index (χ2v) is 7.66. The van der Waals surface area contributed by atoms with Gasteiger partial charge in [0.2, 0.25) is 5.88 Å². The van der Waals surface area contributed by atoms with Crippen LogP contribution in [0.2, 0.25) is 10.0 Å². The summed E-state index contributed by atoms with van der Waals surface area (Å²) in [5.41, 5.74) is 0.478. The first kappa shape index (κ1) is 21.1. The van der Waals surface area contributed by atoms with Gasteiger partial charge in [-0.15, -0.1) is 0 Å². The van der Waals surface area contributed by atoms with Crippen LogP contribution in [0.1, 0.15) is 33.4 Å². The minimum Gasteiger partial charge on any atom is -0.477 e. The minimum absolute atomic E-state index is 0.179.